The molecule has 110 valence electrons. The lowest BCUT2D eigenvalue weighted by Gasteiger charge is -2.38. The summed E-state index contributed by atoms with van der Waals surface area (Å²) in [4.78, 5) is 28.6. The molecule has 1 aliphatic heterocycles. The lowest BCUT2D eigenvalue weighted by atomic mass is 10.0. The number of hydrogen-bond acceptors (Lipinski definition) is 6. The van der Waals surface area contributed by atoms with Gasteiger partial charge >= 0.3 is 12.1 Å². The van der Waals surface area contributed by atoms with E-state index in [0.717, 1.165) is 0 Å². The molecule has 7 heteroatoms. The van der Waals surface area contributed by atoms with Gasteiger partial charge in [0.2, 0.25) is 5.89 Å². The number of rotatable bonds is 2. The summed E-state index contributed by atoms with van der Waals surface area (Å²) in [6.07, 6.45) is 0.908. The van der Waals surface area contributed by atoms with Crippen LogP contribution in [0.4, 0.5) is 4.79 Å². The van der Waals surface area contributed by atoms with Crippen molar-refractivity contribution in [1.29, 1.82) is 0 Å². The first-order valence-corrected chi connectivity index (χ1v) is 6.32. The van der Waals surface area contributed by atoms with E-state index < -0.39 is 11.6 Å². The van der Waals surface area contributed by atoms with Crippen LogP contribution in [-0.4, -0.2) is 47.7 Å². The highest BCUT2D eigenvalue weighted by atomic mass is 16.6. The quantitative estimate of drug-likeness (QED) is 0.769. The molecule has 1 saturated heterocycles. The van der Waals surface area contributed by atoms with Crippen LogP contribution in [0.1, 0.15) is 43.1 Å². The first kappa shape index (κ1) is 14.4. The summed E-state index contributed by atoms with van der Waals surface area (Å²) in [5, 5.41) is 0. The zero-order valence-corrected chi connectivity index (χ0v) is 12.0. The van der Waals surface area contributed by atoms with Crippen molar-refractivity contribution in [3.05, 3.63) is 17.8 Å². The van der Waals surface area contributed by atoms with Crippen LogP contribution in [0.25, 0.3) is 0 Å². The molecule has 1 aromatic rings. The van der Waals surface area contributed by atoms with Gasteiger partial charge in [0, 0.05) is 13.1 Å². The van der Waals surface area contributed by atoms with Crippen LogP contribution < -0.4 is 0 Å². The van der Waals surface area contributed by atoms with E-state index in [4.69, 9.17) is 9.15 Å². The third-order valence-corrected chi connectivity index (χ3v) is 2.80. The highest BCUT2D eigenvalue weighted by Gasteiger charge is 2.37. The first-order chi connectivity index (χ1) is 9.30. The van der Waals surface area contributed by atoms with Gasteiger partial charge in [0.1, 0.15) is 11.9 Å². The monoisotopic (exact) mass is 282 g/mol. The van der Waals surface area contributed by atoms with E-state index in [1.54, 1.807) is 4.90 Å². The molecule has 7 nitrogen and oxygen atoms in total. The number of nitrogens with zero attached hydrogens (tertiary/aromatic N) is 2. The summed E-state index contributed by atoms with van der Waals surface area (Å²) in [7, 11) is 1.28. The first-order valence-electron chi connectivity index (χ1n) is 6.32. The van der Waals surface area contributed by atoms with Gasteiger partial charge < -0.3 is 18.8 Å². The molecular weight excluding hydrogens is 264 g/mol. The van der Waals surface area contributed by atoms with Gasteiger partial charge in [-0.3, -0.25) is 0 Å². The Balaban J connectivity index is 1.89. The summed E-state index contributed by atoms with van der Waals surface area (Å²) >= 11 is 0. The Hall–Kier alpha value is -2.05. The molecule has 0 N–H and O–H groups in total. The zero-order valence-electron chi connectivity index (χ0n) is 12.0. The summed E-state index contributed by atoms with van der Waals surface area (Å²) in [6.45, 7) is 6.39. The minimum absolute atomic E-state index is 0.0130. The predicted molar refractivity (Wildman–Crippen MR) is 68.4 cm³/mol. The van der Waals surface area contributed by atoms with E-state index in [9.17, 15) is 9.59 Å². The topological polar surface area (TPSA) is 81.9 Å². The highest BCUT2D eigenvalue weighted by Crippen LogP contribution is 2.28. The SMILES string of the molecule is COC(=O)c1coc(C2CN(C(=O)OC(C)(C)C)C2)n1. The number of hydrogen-bond donors (Lipinski definition) is 0. The highest BCUT2D eigenvalue weighted by molar-refractivity contribution is 5.86. The molecule has 0 radical (unpaired) electrons. The number of ether oxygens (including phenoxy) is 2. The molecule has 0 aromatic carbocycles. The molecule has 0 spiro atoms. The number of carbonyl (C=O) groups excluding carboxylic acids is 2. The lowest BCUT2D eigenvalue weighted by Crippen LogP contribution is -2.50. The number of oxazole rings is 1. The molecule has 2 rings (SSSR count). The number of esters is 1. The van der Waals surface area contributed by atoms with Crippen molar-refractivity contribution in [3.8, 4) is 0 Å². The Morgan fingerprint density at radius 1 is 1.40 bits per heavy atom. The van der Waals surface area contributed by atoms with Crippen LogP contribution in [0.5, 0.6) is 0 Å². The van der Waals surface area contributed by atoms with Gasteiger partial charge in [-0.15, -0.1) is 0 Å². The fourth-order valence-electron chi connectivity index (χ4n) is 1.78. The third-order valence-electron chi connectivity index (χ3n) is 2.80. The Kier molecular flexibility index (Phi) is 3.69. The van der Waals surface area contributed by atoms with Gasteiger partial charge in [-0.05, 0) is 20.8 Å². The standard InChI is InChI=1S/C13H18N2O5/c1-13(2,3)20-12(17)15-5-8(6-15)10-14-9(7-19-10)11(16)18-4/h7-8H,5-6H2,1-4H3. The van der Waals surface area contributed by atoms with Crippen molar-refractivity contribution in [2.45, 2.75) is 32.3 Å². The van der Waals surface area contributed by atoms with Crippen molar-refractivity contribution in [2.75, 3.05) is 20.2 Å². The number of likely N-dealkylation sites (tertiary alicyclic amines) is 1. The number of methoxy groups -OCH3 is 1. The summed E-state index contributed by atoms with van der Waals surface area (Å²) in [5.41, 5.74) is -0.374. The van der Waals surface area contributed by atoms with Crippen LogP contribution in [0.3, 0.4) is 0 Å². The molecule has 0 atom stereocenters. The summed E-state index contributed by atoms with van der Waals surface area (Å²) < 4.78 is 15.0. The van der Waals surface area contributed by atoms with Crippen LogP contribution >= 0.6 is 0 Å². The Labute approximate surface area is 116 Å². The van der Waals surface area contributed by atoms with Crippen molar-refractivity contribution in [1.82, 2.24) is 9.88 Å². The van der Waals surface area contributed by atoms with E-state index in [2.05, 4.69) is 9.72 Å². The zero-order chi connectivity index (χ0) is 14.9. The molecule has 0 bridgehead atoms. The molecule has 1 fully saturated rings. The number of amides is 1. The normalized spacial score (nSPS) is 15.7. The van der Waals surface area contributed by atoms with E-state index in [1.807, 2.05) is 20.8 Å². The van der Waals surface area contributed by atoms with Crippen molar-refractivity contribution in [2.24, 2.45) is 0 Å². The van der Waals surface area contributed by atoms with E-state index in [1.165, 1.54) is 13.4 Å². The van der Waals surface area contributed by atoms with Gasteiger partial charge in [-0.1, -0.05) is 0 Å². The average Bonchev–Trinajstić information content (AvgIpc) is 2.72. The van der Waals surface area contributed by atoms with Gasteiger partial charge in [0.05, 0.1) is 13.0 Å². The van der Waals surface area contributed by atoms with E-state index in [-0.39, 0.29) is 17.7 Å². The van der Waals surface area contributed by atoms with Crippen LogP contribution in [0.15, 0.2) is 10.7 Å². The molecule has 2 heterocycles. The Morgan fingerprint density at radius 3 is 2.60 bits per heavy atom. The maximum atomic E-state index is 11.8. The molecule has 1 aliphatic rings. The molecule has 1 aromatic heterocycles. The van der Waals surface area contributed by atoms with Crippen molar-refractivity contribution < 1.29 is 23.5 Å². The van der Waals surface area contributed by atoms with E-state index >= 15 is 0 Å². The second-order valence-corrected chi connectivity index (χ2v) is 5.64. The van der Waals surface area contributed by atoms with Gasteiger partial charge in [-0.2, -0.15) is 0 Å². The van der Waals surface area contributed by atoms with Crippen molar-refractivity contribution in [3.63, 3.8) is 0 Å². The predicted octanol–water partition coefficient (Wildman–Crippen LogP) is 1.80. The fraction of sp³-hybridized carbons (Fsp3) is 0.615. The maximum Gasteiger partial charge on any atom is 0.410 e. The average molecular weight is 282 g/mol. The molecular formula is C13H18N2O5. The molecule has 0 unspecified atom stereocenters. The Bertz CT molecular complexity index is 511. The van der Waals surface area contributed by atoms with Gasteiger partial charge in [0.25, 0.3) is 0 Å². The van der Waals surface area contributed by atoms with Crippen LogP contribution in [0.2, 0.25) is 0 Å². The summed E-state index contributed by atoms with van der Waals surface area (Å²) in [5.74, 6) is -0.116. The molecule has 20 heavy (non-hydrogen) atoms. The van der Waals surface area contributed by atoms with E-state index in [0.29, 0.717) is 19.0 Å². The van der Waals surface area contributed by atoms with Gasteiger partial charge in [-0.25, -0.2) is 14.6 Å². The largest absolute Gasteiger partial charge is 0.464 e. The second-order valence-electron chi connectivity index (χ2n) is 5.64. The third kappa shape index (κ3) is 3.09. The van der Waals surface area contributed by atoms with Crippen LogP contribution in [0, 0.1) is 0 Å². The minimum atomic E-state index is -0.539. The second kappa shape index (κ2) is 5.15. The van der Waals surface area contributed by atoms with Crippen molar-refractivity contribution >= 4 is 12.1 Å². The molecule has 1 amide bonds. The summed E-state index contributed by atoms with van der Waals surface area (Å²) in [6, 6.07) is 0. The fourth-order valence-corrected chi connectivity index (χ4v) is 1.78. The smallest absolute Gasteiger partial charge is 0.410 e. The van der Waals surface area contributed by atoms with Crippen LogP contribution in [-0.2, 0) is 9.47 Å². The Morgan fingerprint density at radius 2 is 2.05 bits per heavy atom. The van der Waals surface area contributed by atoms with Gasteiger partial charge in [0.15, 0.2) is 5.69 Å². The maximum absolute atomic E-state index is 11.8. The minimum Gasteiger partial charge on any atom is -0.464 e. The number of carbonyl (C=O) groups is 2. The molecule has 0 aliphatic carbocycles. The lowest BCUT2D eigenvalue weighted by molar-refractivity contribution is 0.00602. The number of aromatic nitrogens is 1. The molecule has 0 saturated carbocycles.